The van der Waals surface area contributed by atoms with Crippen molar-refractivity contribution in [1.82, 2.24) is 10.6 Å². The summed E-state index contributed by atoms with van der Waals surface area (Å²) in [6.45, 7) is 1.01. The summed E-state index contributed by atoms with van der Waals surface area (Å²) in [5, 5.41) is 6.67. The van der Waals surface area contributed by atoms with Gasteiger partial charge in [-0.3, -0.25) is 4.79 Å². The molecule has 2 N–H and O–H groups in total. The summed E-state index contributed by atoms with van der Waals surface area (Å²) in [7, 11) is 0. The van der Waals surface area contributed by atoms with Crippen molar-refractivity contribution in [1.29, 1.82) is 0 Å². The zero-order valence-electron chi connectivity index (χ0n) is 11.0. The van der Waals surface area contributed by atoms with Crippen molar-refractivity contribution < 1.29 is 4.79 Å². The highest BCUT2D eigenvalue weighted by Gasteiger charge is 2.54. The molecule has 1 heterocycles. The van der Waals surface area contributed by atoms with Gasteiger partial charge in [0, 0.05) is 6.04 Å². The quantitative estimate of drug-likeness (QED) is 0.780. The van der Waals surface area contributed by atoms with E-state index in [0.29, 0.717) is 6.04 Å². The first kappa shape index (κ1) is 11.3. The molecule has 3 aliphatic carbocycles. The summed E-state index contributed by atoms with van der Waals surface area (Å²) >= 11 is 0. The number of nitrogens with one attached hydrogen (secondary N) is 2. The largest absolute Gasteiger partial charge is 0.352 e. The Morgan fingerprint density at radius 1 is 1.00 bits per heavy atom. The Morgan fingerprint density at radius 2 is 1.89 bits per heavy atom. The van der Waals surface area contributed by atoms with Crippen molar-refractivity contribution in [2.75, 3.05) is 6.54 Å². The number of amides is 1. The molecule has 1 saturated heterocycles. The second-order valence-corrected chi connectivity index (χ2v) is 6.92. The maximum atomic E-state index is 12.2. The highest BCUT2D eigenvalue weighted by atomic mass is 16.2. The van der Waals surface area contributed by atoms with Crippen LogP contribution >= 0.6 is 0 Å². The van der Waals surface area contributed by atoms with Gasteiger partial charge in [0.2, 0.25) is 5.91 Å². The second-order valence-electron chi connectivity index (χ2n) is 6.92. The van der Waals surface area contributed by atoms with Crippen LogP contribution in [0.2, 0.25) is 0 Å². The summed E-state index contributed by atoms with van der Waals surface area (Å²) in [4.78, 5) is 12.2. The molecule has 1 aliphatic heterocycles. The van der Waals surface area contributed by atoms with Crippen LogP contribution in [0.15, 0.2) is 0 Å². The molecule has 3 nitrogen and oxygen atoms in total. The van der Waals surface area contributed by atoms with Crippen molar-refractivity contribution >= 4 is 5.91 Å². The van der Waals surface area contributed by atoms with Gasteiger partial charge in [-0.15, -0.1) is 0 Å². The predicted octanol–water partition coefficient (Wildman–Crippen LogP) is 1.68. The van der Waals surface area contributed by atoms with Crippen LogP contribution in [0.1, 0.15) is 44.9 Å². The Labute approximate surface area is 109 Å². The first-order chi connectivity index (χ1) is 8.83. The normalized spacial score (nSPS) is 49.6. The van der Waals surface area contributed by atoms with Crippen LogP contribution in [0, 0.1) is 23.7 Å². The Morgan fingerprint density at radius 3 is 2.72 bits per heavy atom. The van der Waals surface area contributed by atoms with E-state index in [1.807, 2.05) is 0 Å². The average molecular weight is 248 g/mol. The highest BCUT2D eigenvalue weighted by Crippen LogP contribution is 2.58. The SMILES string of the molecule is O=C(NC1CC2CC1C1CCCC21)[C@H]1CCCN1. The predicted molar refractivity (Wildman–Crippen MR) is 70.0 cm³/mol. The fourth-order valence-corrected chi connectivity index (χ4v) is 5.43. The molecule has 4 fully saturated rings. The lowest BCUT2D eigenvalue weighted by atomic mass is 9.79. The Kier molecular flexibility index (Phi) is 2.65. The van der Waals surface area contributed by atoms with Gasteiger partial charge in [0.15, 0.2) is 0 Å². The van der Waals surface area contributed by atoms with E-state index in [2.05, 4.69) is 10.6 Å². The Bertz CT molecular complexity index is 350. The summed E-state index contributed by atoms with van der Waals surface area (Å²) < 4.78 is 0. The maximum absolute atomic E-state index is 12.2. The van der Waals surface area contributed by atoms with Gasteiger partial charge in [0.1, 0.15) is 0 Å². The average Bonchev–Trinajstić information content (AvgIpc) is 3.11. The van der Waals surface area contributed by atoms with Gasteiger partial charge < -0.3 is 10.6 Å². The third kappa shape index (κ3) is 1.63. The minimum atomic E-state index is 0.100. The molecule has 6 atom stereocenters. The van der Waals surface area contributed by atoms with E-state index >= 15 is 0 Å². The first-order valence-corrected chi connectivity index (χ1v) is 7.86. The fourth-order valence-electron chi connectivity index (χ4n) is 5.43. The molecule has 100 valence electrons. The molecular formula is C15H24N2O. The molecule has 0 aromatic heterocycles. The summed E-state index contributed by atoms with van der Waals surface area (Å²) in [5.74, 6) is 4.00. The zero-order chi connectivity index (χ0) is 12.1. The monoisotopic (exact) mass is 248 g/mol. The lowest BCUT2D eigenvalue weighted by Gasteiger charge is -2.32. The van der Waals surface area contributed by atoms with E-state index < -0.39 is 0 Å². The molecule has 3 saturated carbocycles. The molecule has 0 spiro atoms. The number of rotatable bonds is 2. The topological polar surface area (TPSA) is 41.1 Å². The number of carbonyl (C=O) groups is 1. The van der Waals surface area contributed by atoms with E-state index in [-0.39, 0.29) is 11.9 Å². The molecule has 4 rings (SSSR count). The summed E-state index contributed by atoms with van der Waals surface area (Å²) in [6, 6.07) is 0.604. The van der Waals surface area contributed by atoms with Crippen molar-refractivity contribution in [2.45, 2.75) is 57.0 Å². The van der Waals surface area contributed by atoms with Crippen molar-refractivity contribution in [3.63, 3.8) is 0 Å². The van der Waals surface area contributed by atoms with Crippen molar-refractivity contribution in [3.05, 3.63) is 0 Å². The van der Waals surface area contributed by atoms with Crippen LogP contribution in [-0.2, 0) is 4.79 Å². The van der Waals surface area contributed by atoms with Crippen LogP contribution in [-0.4, -0.2) is 24.5 Å². The molecule has 5 unspecified atom stereocenters. The van der Waals surface area contributed by atoms with Crippen LogP contribution < -0.4 is 10.6 Å². The lowest BCUT2D eigenvalue weighted by molar-refractivity contribution is -0.124. The zero-order valence-corrected chi connectivity index (χ0v) is 11.0. The van der Waals surface area contributed by atoms with Gasteiger partial charge in [-0.2, -0.15) is 0 Å². The lowest BCUT2D eigenvalue weighted by Crippen LogP contribution is -2.48. The van der Waals surface area contributed by atoms with E-state index in [1.54, 1.807) is 0 Å². The summed E-state index contributed by atoms with van der Waals surface area (Å²) in [6.07, 6.45) is 9.19. The van der Waals surface area contributed by atoms with E-state index in [4.69, 9.17) is 0 Å². The highest BCUT2D eigenvalue weighted by molar-refractivity contribution is 5.82. The van der Waals surface area contributed by atoms with Gasteiger partial charge in [-0.1, -0.05) is 6.42 Å². The van der Waals surface area contributed by atoms with Crippen LogP contribution in [0.5, 0.6) is 0 Å². The van der Waals surface area contributed by atoms with Gasteiger partial charge in [-0.25, -0.2) is 0 Å². The number of fused-ring (bicyclic) bond motifs is 5. The molecule has 4 aliphatic rings. The Hall–Kier alpha value is -0.570. The first-order valence-electron chi connectivity index (χ1n) is 7.86. The third-order valence-corrected chi connectivity index (χ3v) is 6.13. The van der Waals surface area contributed by atoms with Gasteiger partial charge in [-0.05, 0) is 68.7 Å². The fraction of sp³-hybridized carbons (Fsp3) is 0.933. The molecule has 3 heteroatoms. The van der Waals surface area contributed by atoms with Gasteiger partial charge >= 0.3 is 0 Å². The number of carbonyl (C=O) groups excluding carboxylic acids is 1. The van der Waals surface area contributed by atoms with E-state index in [9.17, 15) is 4.79 Å². The minimum absolute atomic E-state index is 0.100. The van der Waals surface area contributed by atoms with Crippen LogP contribution in [0.4, 0.5) is 0 Å². The summed E-state index contributed by atoms with van der Waals surface area (Å²) in [5.41, 5.74) is 0. The van der Waals surface area contributed by atoms with E-state index in [1.165, 1.54) is 32.1 Å². The van der Waals surface area contributed by atoms with Crippen molar-refractivity contribution in [2.24, 2.45) is 23.7 Å². The van der Waals surface area contributed by atoms with E-state index in [0.717, 1.165) is 43.1 Å². The van der Waals surface area contributed by atoms with Crippen LogP contribution in [0.25, 0.3) is 0 Å². The second kappa shape index (κ2) is 4.22. The minimum Gasteiger partial charge on any atom is -0.352 e. The molecule has 0 aromatic rings. The van der Waals surface area contributed by atoms with Gasteiger partial charge in [0.05, 0.1) is 6.04 Å². The Balaban J connectivity index is 1.40. The molecule has 2 bridgehead atoms. The van der Waals surface area contributed by atoms with Gasteiger partial charge in [0.25, 0.3) is 0 Å². The molecule has 1 amide bonds. The smallest absolute Gasteiger partial charge is 0.237 e. The third-order valence-electron chi connectivity index (χ3n) is 6.13. The molecule has 0 radical (unpaired) electrons. The maximum Gasteiger partial charge on any atom is 0.237 e. The molecular weight excluding hydrogens is 224 g/mol. The van der Waals surface area contributed by atoms with Crippen molar-refractivity contribution in [3.8, 4) is 0 Å². The number of hydrogen-bond acceptors (Lipinski definition) is 2. The molecule has 0 aromatic carbocycles. The standard InChI is InChI=1S/C15H24N2O/c18-15(13-5-2-6-16-13)17-14-8-9-7-12(14)11-4-1-3-10(9)11/h9-14,16H,1-8H2,(H,17,18)/t9?,10?,11?,12?,13-,14?/m1/s1. The number of hydrogen-bond donors (Lipinski definition) is 2. The van der Waals surface area contributed by atoms with Crippen LogP contribution in [0.3, 0.4) is 0 Å². The molecule has 18 heavy (non-hydrogen) atoms.